The molecule has 1 fully saturated rings. The minimum absolute atomic E-state index is 0.0423. The van der Waals surface area contributed by atoms with Crippen LogP contribution in [0, 0.1) is 13.8 Å². The van der Waals surface area contributed by atoms with E-state index in [0.717, 1.165) is 27.8 Å². The van der Waals surface area contributed by atoms with Crippen LogP contribution in [0.15, 0.2) is 76.1 Å². The van der Waals surface area contributed by atoms with Crippen molar-refractivity contribution in [3.8, 4) is 17.1 Å². The summed E-state index contributed by atoms with van der Waals surface area (Å²) in [6.45, 7) is 5.19. The van der Waals surface area contributed by atoms with Gasteiger partial charge in [-0.3, -0.25) is 9.36 Å². The van der Waals surface area contributed by atoms with E-state index in [2.05, 4.69) is 11.1 Å². The first-order valence-electron chi connectivity index (χ1n) is 12.2. The summed E-state index contributed by atoms with van der Waals surface area (Å²) in [5, 5.41) is 4.76. The maximum atomic E-state index is 13.8. The Morgan fingerprint density at radius 2 is 1.83 bits per heavy atom. The molecule has 1 aliphatic rings. The van der Waals surface area contributed by atoms with Crippen LogP contribution in [0.3, 0.4) is 0 Å². The van der Waals surface area contributed by atoms with Gasteiger partial charge in [0.05, 0.1) is 23.0 Å². The number of carbonyl (C=O) groups excluding carboxylic acids is 1. The first-order chi connectivity index (χ1) is 17.5. The number of amides is 1. The number of aromatic nitrogens is 4. The Hall–Kier alpha value is -4.33. The van der Waals surface area contributed by atoms with Crippen molar-refractivity contribution < 1.29 is 9.21 Å². The third kappa shape index (κ3) is 3.75. The Morgan fingerprint density at radius 3 is 2.58 bits per heavy atom. The van der Waals surface area contributed by atoms with Gasteiger partial charge in [-0.15, -0.1) is 0 Å². The maximum absolute atomic E-state index is 13.8. The lowest BCUT2D eigenvalue weighted by atomic mass is 10.0. The van der Waals surface area contributed by atoms with Gasteiger partial charge in [0.15, 0.2) is 5.76 Å². The second-order valence-corrected chi connectivity index (χ2v) is 9.43. The summed E-state index contributed by atoms with van der Waals surface area (Å²) < 4.78 is 9.13. The smallest absolute Gasteiger partial charge is 0.326 e. The summed E-state index contributed by atoms with van der Waals surface area (Å²) in [6, 6.07) is 19.3. The zero-order chi connectivity index (χ0) is 24.8. The molecular formula is C28H27N5O3. The zero-order valence-corrected chi connectivity index (χ0v) is 20.3. The van der Waals surface area contributed by atoms with Gasteiger partial charge in [-0.2, -0.15) is 5.10 Å². The number of rotatable bonds is 4. The van der Waals surface area contributed by atoms with Crippen molar-refractivity contribution in [3.63, 3.8) is 0 Å². The predicted molar refractivity (Wildman–Crippen MR) is 137 cm³/mol. The van der Waals surface area contributed by atoms with E-state index in [1.54, 1.807) is 17.0 Å². The lowest BCUT2D eigenvalue weighted by molar-refractivity contribution is 0.0685. The van der Waals surface area contributed by atoms with E-state index in [4.69, 9.17) is 9.52 Å². The number of fused-ring (bicyclic) bond motifs is 1. The van der Waals surface area contributed by atoms with Gasteiger partial charge in [-0.25, -0.2) is 9.48 Å². The number of H-pyrrole nitrogens is 1. The van der Waals surface area contributed by atoms with Gasteiger partial charge in [0, 0.05) is 25.2 Å². The molecule has 0 aliphatic carbocycles. The Labute approximate surface area is 207 Å². The molecule has 0 saturated carbocycles. The molecule has 0 radical (unpaired) electrons. The van der Waals surface area contributed by atoms with Crippen LogP contribution in [0.25, 0.3) is 28.2 Å². The lowest BCUT2D eigenvalue weighted by Crippen LogP contribution is -2.41. The largest absolute Gasteiger partial charge is 0.463 e. The lowest BCUT2D eigenvalue weighted by Gasteiger charge is -2.32. The van der Waals surface area contributed by atoms with Crippen LogP contribution >= 0.6 is 0 Å². The molecule has 5 aromatic rings. The van der Waals surface area contributed by atoms with Crippen LogP contribution in [-0.2, 0) is 0 Å². The number of nitrogens with one attached hydrogen (secondary N) is 1. The van der Waals surface area contributed by atoms with Crippen molar-refractivity contribution in [1.29, 1.82) is 0 Å². The fourth-order valence-corrected chi connectivity index (χ4v) is 5.23. The highest BCUT2D eigenvalue weighted by molar-refractivity contribution is 5.94. The molecule has 0 unspecified atom stereocenters. The number of hydrogen-bond donors (Lipinski definition) is 1. The molecule has 2 aromatic carbocycles. The summed E-state index contributed by atoms with van der Waals surface area (Å²) in [4.78, 5) is 31.2. The number of imidazole rings is 1. The third-order valence-electron chi connectivity index (χ3n) is 7.02. The van der Waals surface area contributed by atoms with Crippen LogP contribution < -0.4 is 5.69 Å². The fourth-order valence-electron chi connectivity index (χ4n) is 5.23. The Kier molecular flexibility index (Phi) is 5.36. The molecular weight excluding hydrogens is 454 g/mol. The highest BCUT2D eigenvalue weighted by Gasteiger charge is 2.29. The van der Waals surface area contributed by atoms with Gasteiger partial charge in [0.2, 0.25) is 0 Å². The third-order valence-corrected chi connectivity index (χ3v) is 7.02. The van der Waals surface area contributed by atoms with Gasteiger partial charge in [-0.1, -0.05) is 29.8 Å². The van der Waals surface area contributed by atoms with Crippen molar-refractivity contribution >= 4 is 16.9 Å². The van der Waals surface area contributed by atoms with Gasteiger partial charge < -0.3 is 14.3 Å². The van der Waals surface area contributed by atoms with Gasteiger partial charge >= 0.3 is 5.69 Å². The summed E-state index contributed by atoms with van der Waals surface area (Å²) in [6.07, 6.45) is 3.01. The van der Waals surface area contributed by atoms with Crippen molar-refractivity contribution in [3.05, 3.63) is 94.2 Å². The van der Waals surface area contributed by atoms with Crippen LogP contribution in [0.1, 0.15) is 40.5 Å². The molecule has 1 amide bonds. The molecule has 0 bridgehead atoms. The van der Waals surface area contributed by atoms with E-state index in [1.165, 1.54) is 0 Å². The maximum Gasteiger partial charge on any atom is 0.326 e. The molecule has 1 aliphatic heterocycles. The second kappa shape index (κ2) is 8.71. The number of furan rings is 1. The van der Waals surface area contributed by atoms with Crippen LogP contribution in [-0.4, -0.2) is 43.2 Å². The molecule has 1 saturated heterocycles. The quantitative estimate of drug-likeness (QED) is 0.397. The topological polar surface area (TPSA) is 89.1 Å². The number of hydrogen-bond acceptors (Lipinski definition) is 4. The molecule has 0 atom stereocenters. The number of benzene rings is 2. The molecule has 6 rings (SSSR count). The standard InChI is InChI=1S/C28H27N5O3/c1-18-9-10-23(19(2)16-18)33-25(17-22(30-33)26-8-5-15-36-26)27(34)31-13-11-20(12-14-31)32-24-7-4-3-6-21(24)29-28(32)35/h3-10,15-17,20H,11-14H2,1-2H3,(H,29,35). The zero-order valence-electron chi connectivity index (χ0n) is 20.3. The molecule has 36 heavy (non-hydrogen) atoms. The molecule has 8 nitrogen and oxygen atoms in total. The first-order valence-corrected chi connectivity index (χ1v) is 12.2. The Bertz CT molecular complexity index is 1610. The van der Waals surface area contributed by atoms with Crippen molar-refractivity contribution in [1.82, 2.24) is 24.2 Å². The summed E-state index contributed by atoms with van der Waals surface area (Å²) >= 11 is 0. The van der Waals surface area contributed by atoms with E-state index in [-0.39, 0.29) is 17.6 Å². The van der Waals surface area contributed by atoms with Crippen LogP contribution in [0.2, 0.25) is 0 Å². The first kappa shape index (κ1) is 22.2. The van der Waals surface area contributed by atoms with Crippen molar-refractivity contribution in [2.24, 2.45) is 0 Å². The van der Waals surface area contributed by atoms with Crippen molar-refractivity contribution in [2.75, 3.05) is 13.1 Å². The Balaban J connectivity index is 1.30. The summed E-state index contributed by atoms with van der Waals surface area (Å²) in [5.74, 6) is 0.537. The van der Waals surface area contributed by atoms with Crippen LogP contribution in [0.4, 0.5) is 0 Å². The highest BCUT2D eigenvalue weighted by atomic mass is 16.3. The van der Waals surface area contributed by atoms with Gasteiger partial charge in [0.25, 0.3) is 5.91 Å². The van der Waals surface area contributed by atoms with Crippen LogP contribution in [0.5, 0.6) is 0 Å². The summed E-state index contributed by atoms with van der Waals surface area (Å²) in [7, 11) is 0. The molecule has 1 N–H and O–H groups in total. The normalized spacial score (nSPS) is 14.6. The number of likely N-dealkylation sites (tertiary alicyclic amines) is 1. The number of piperidine rings is 1. The van der Waals surface area contributed by atoms with E-state index in [9.17, 15) is 9.59 Å². The average Bonchev–Trinajstić information content (AvgIpc) is 3.62. The van der Waals surface area contributed by atoms with E-state index >= 15 is 0 Å². The minimum Gasteiger partial charge on any atom is -0.463 e. The number of para-hydroxylation sites is 2. The number of nitrogens with zero attached hydrogens (tertiary/aromatic N) is 4. The molecule has 8 heteroatoms. The minimum atomic E-state index is -0.100. The fraction of sp³-hybridized carbons (Fsp3) is 0.250. The average molecular weight is 482 g/mol. The van der Waals surface area contributed by atoms with E-state index in [1.807, 2.05) is 71.8 Å². The molecule has 0 spiro atoms. The Morgan fingerprint density at radius 1 is 1.03 bits per heavy atom. The number of aromatic amines is 1. The van der Waals surface area contributed by atoms with Gasteiger partial charge in [-0.05, 0) is 62.6 Å². The molecule has 182 valence electrons. The SMILES string of the molecule is Cc1ccc(-n2nc(-c3ccco3)cc2C(=O)N2CCC(n3c(=O)[nH]c4ccccc43)CC2)c(C)c1. The monoisotopic (exact) mass is 481 g/mol. The van der Waals surface area contributed by atoms with Gasteiger partial charge in [0.1, 0.15) is 11.4 Å². The molecule has 3 aromatic heterocycles. The molecule has 4 heterocycles. The number of aryl methyl sites for hydroxylation is 2. The van der Waals surface area contributed by atoms with E-state index < -0.39 is 0 Å². The second-order valence-electron chi connectivity index (χ2n) is 9.43. The summed E-state index contributed by atoms with van der Waals surface area (Å²) in [5.41, 5.74) is 5.80. The predicted octanol–water partition coefficient (Wildman–Crippen LogP) is 4.87. The van der Waals surface area contributed by atoms with E-state index in [0.29, 0.717) is 43.1 Å². The van der Waals surface area contributed by atoms with Crippen molar-refractivity contribution in [2.45, 2.75) is 32.7 Å². The highest BCUT2D eigenvalue weighted by Crippen LogP contribution is 2.28. The number of carbonyl (C=O) groups is 1.